The molecule has 1 aliphatic carbocycles. The summed E-state index contributed by atoms with van der Waals surface area (Å²) in [6.45, 7) is 6.54. The monoisotopic (exact) mass is 435 g/mol. The van der Waals surface area contributed by atoms with Gasteiger partial charge in [-0.3, -0.25) is 4.90 Å². The van der Waals surface area contributed by atoms with Gasteiger partial charge in [-0.1, -0.05) is 57.9 Å². The standard InChI is InChI=1S/C21H23BrClNS/c1-13-9-18(14(2)8-17(13)23)25-19-10-16-12-24(21(19)20(16)22)11-15-6-4-3-5-7-15/h3-9,16,19-21H,10-12H2,1-2H3/t16-,19-,20-,21-/m1/s1. The molecule has 0 radical (unpaired) electrons. The molecule has 132 valence electrons. The second-order valence-corrected chi connectivity index (χ2v) is 10.1. The van der Waals surface area contributed by atoms with Crippen molar-refractivity contribution in [2.45, 2.75) is 47.8 Å². The average Bonchev–Trinajstić information content (AvgIpc) is 3.04. The third kappa shape index (κ3) is 3.53. The van der Waals surface area contributed by atoms with Crippen LogP contribution < -0.4 is 0 Å². The summed E-state index contributed by atoms with van der Waals surface area (Å²) in [6, 6.07) is 15.8. The van der Waals surface area contributed by atoms with Gasteiger partial charge in [0.2, 0.25) is 0 Å². The van der Waals surface area contributed by atoms with Crippen LogP contribution in [-0.4, -0.2) is 27.6 Å². The third-order valence-corrected chi connectivity index (χ3v) is 8.71. The third-order valence-electron chi connectivity index (χ3n) is 5.55. The van der Waals surface area contributed by atoms with Gasteiger partial charge in [-0.15, -0.1) is 11.8 Å². The Balaban J connectivity index is 1.53. The molecule has 25 heavy (non-hydrogen) atoms. The fraction of sp³-hybridized carbons (Fsp3) is 0.429. The fourth-order valence-corrected chi connectivity index (χ4v) is 7.38. The first kappa shape index (κ1) is 17.9. The normalized spacial score (nSPS) is 28.6. The van der Waals surface area contributed by atoms with Crippen molar-refractivity contribution in [3.8, 4) is 0 Å². The molecule has 2 aliphatic rings. The van der Waals surface area contributed by atoms with E-state index in [-0.39, 0.29) is 0 Å². The minimum atomic E-state index is 0.602. The number of alkyl halides is 1. The lowest BCUT2D eigenvalue weighted by Gasteiger charge is -2.33. The smallest absolute Gasteiger partial charge is 0.0438 e. The number of thioether (sulfide) groups is 1. The first-order valence-corrected chi connectivity index (χ1v) is 11.1. The van der Waals surface area contributed by atoms with E-state index in [2.05, 4.69) is 88.9 Å². The van der Waals surface area contributed by atoms with Crippen molar-refractivity contribution in [2.24, 2.45) is 5.92 Å². The lowest BCUT2D eigenvalue weighted by molar-refractivity contribution is 0.211. The first-order valence-electron chi connectivity index (χ1n) is 8.88. The maximum Gasteiger partial charge on any atom is 0.0438 e. The Hall–Kier alpha value is -0.480. The van der Waals surface area contributed by atoms with Gasteiger partial charge in [-0.25, -0.2) is 0 Å². The van der Waals surface area contributed by atoms with E-state index >= 15 is 0 Å². The van der Waals surface area contributed by atoms with E-state index in [9.17, 15) is 0 Å². The molecule has 4 heteroatoms. The minimum Gasteiger partial charge on any atom is -0.294 e. The summed E-state index contributed by atoms with van der Waals surface area (Å²) >= 11 is 12.3. The van der Waals surface area contributed by atoms with Crippen LogP contribution in [0.2, 0.25) is 5.02 Å². The predicted molar refractivity (Wildman–Crippen MR) is 112 cm³/mol. The highest BCUT2D eigenvalue weighted by molar-refractivity contribution is 9.09. The Morgan fingerprint density at radius 1 is 1.16 bits per heavy atom. The number of fused-ring (bicyclic) bond motifs is 2. The summed E-state index contributed by atoms with van der Waals surface area (Å²) in [5.41, 5.74) is 3.88. The quantitative estimate of drug-likeness (QED) is 0.534. The summed E-state index contributed by atoms with van der Waals surface area (Å²) in [6.07, 6.45) is 1.30. The van der Waals surface area contributed by atoms with Gasteiger partial charge in [0, 0.05) is 39.1 Å². The second kappa shape index (κ2) is 7.26. The minimum absolute atomic E-state index is 0.602. The zero-order valence-corrected chi connectivity index (χ0v) is 17.7. The molecule has 2 fully saturated rings. The van der Waals surface area contributed by atoms with Crippen molar-refractivity contribution in [3.63, 3.8) is 0 Å². The molecule has 4 rings (SSSR count). The van der Waals surface area contributed by atoms with Gasteiger partial charge in [0.25, 0.3) is 0 Å². The maximum absolute atomic E-state index is 6.28. The van der Waals surface area contributed by atoms with E-state index in [4.69, 9.17) is 11.6 Å². The number of piperidine rings is 1. The maximum atomic E-state index is 6.28. The Labute approximate surface area is 168 Å². The van der Waals surface area contributed by atoms with Gasteiger partial charge in [-0.05, 0) is 55.0 Å². The number of aryl methyl sites for hydroxylation is 2. The Morgan fingerprint density at radius 3 is 2.64 bits per heavy atom. The number of halogens is 2. The lowest BCUT2D eigenvalue weighted by atomic mass is 10.1. The number of benzene rings is 2. The van der Waals surface area contributed by atoms with Crippen LogP contribution in [0.25, 0.3) is 0 Å². The highest BCUT2D eigenvalue weighted by Gasteiger charge is 2.51. The SMILES string of the molecule is Cc1cc(S[C@@H]2C[C@@H]3CN(Cc4ccccc4)[C@H]2[C@@H]3Br)c(C)cc1Cl. The Kier molecular flexibility index (Phi) is 5.20. The summed E-state index contributed by atoms with van der Waals surface area (Å²) in [5, 5.41) is 1.52. The van der Waals surface area contributed by atoms with Crippen LogP contribution in [0.5, 0.6) is 0 Å². The van der Waals surface area contributed by atoms with Gasteiger partial charge in [0.1, 0.15) is 0 Å². The molecule has 0 N–H and O–H groups in total. The van der Waals surface area contributed by atoms with Crippen LogP contribution in [0.3, 0.4) is 0 Å². The van der Waals surface area contributed by atoms with Crippen molar-refractivity contribution in [3.05, 3.63) is 64.2 Å². The molecule has 0 unspecified atom stereocenters. The first-order chi connectivity index (χ1) is 12.0. The number of nitrogens with zero attached hydrogens (tertiary/aromatic N) is 1. The molecular weight excluding hydrogens is 414 g/mol. The van der Waals surface area contributed by atoms with Crippen molar-refractivity contribution in [1.82, 2.24) is 4.90 Å². The van der Waals surface area contributed by atoms with E-state index in [1.54, 1.807) is 0 Å². The van der Waals surface area contributed by atoms with Crippen LogP contribution in [-0.2, 0) is 6.54 Å². The van der Waals surface area contributed by atoms with Gasteiger partial charge in [-0.2, -0.15) is 0 Å². The number of rotatable bonds is 4. The molecule has 1 aliphatic heterocycles. The number of likely N-dealkylation sites (tertiary alicyclic amines) is 1. The van der Waals surface area contributed by atoms with Crippen LogP contribution in [0, 0.1) is 19.8 Å². The van der Waals surface area contributed by atoms with E-state index in [1.165, 1.54) is 34.6 Å². The average molecular weight is 437 g/mol. The van der Waals surface area contributed by atoms with Gasteiger partial charge >= 0.3 is 0 Å². The lowest BCUT2D eigenvalue weighted by Crippen LogP contribution is -2.40. The number of hydrogen-bond donors (Lipinski definition) is 0. The molecule has 1 saturated heterocycles. The molecular formula is C21H23BrClNS. The molecule has 4 atom stereocenters. The molecule has 0 spiro atoms. The fourth-order valence-electron chi connectivity index (χ4n) is 4.24. The summed E-state index contributed by atoms with van der Waals surface area (Å²) < 4.78 is 0. The highest BCUT2D eigenvalue weighted by atomic mass is 79.9. The highest BCUT2D eigenvalue weighted by Crippen LogP contribution is 2.50. The van der Waals surface area contributed by atoms with E-state index < -0.39 is 0 Å². The largest absolute Gasteiger partial charge is 0.294 e. The Morgan fingerprint density at radius 2 is 1.92 bits per heavy atom. The molecule has 1 heterocycles. The molecule has 0 aromatic heterocycles. The summed E-state index contributed by atoms with van der Waals surface area (Å²) in [4.78, 5) is 4.68. The molecule has 2 aromatic carbocycles. The van der Waals surface area contributed by atoms with Crippen molar-refractivity contribution in [2.75, 3.05) is 6.54 Å². The zero-order valence-electron chi connectivity index (χ0n) is 14.6. The zero-order chi connectivity index (χ0) is 17.6. The van der Waals surface area contributed by atoms with E-state index in [0.29, 0.717) is 16.1 Å². The number of hydrogen-bond acceptors (Lipinski definition) is 2. The predicted octanol–water partition coefficient (Wildman–Crippen LogP) is 6.09. The molecule has 1 saturated carbocycles. The van der Waals surface area contributed by atoms with Gasteiger partial charge < -0.3 is 0 Å². The summed E-state index contributed by atoms with van der Waals surface area (Å²) in [5.74, 6) is 0.764. The second-order valence-electron chi connectivity index (χ2n) is 7.37. The molecule has 0 amide bonds. The van der Waals surface area contributed by atoms with Crippen LogP contribution >= 0.6 is 39.3 Å². The van der Waals surface area contributed by atoms with Crippen LogP contribution in [0.1, 0.15) is 23.1 Å². The Bertz CT molecular complexity index is 766. The topological polar surface area (TPSA) is 3.24 Å². The molecule has 2 bridgehead atoms. The van der Waals surface area contributed by atoms with Gasteiger partial charge in [0.15, 0.2) is 0 Å². The van der Waals surface area contributed by atoms with Crippen molar-refractivity contribution >= 4 is 39.3 Å². The van der Waals surface area contributed by atoms with Crippen LogP contribution in [0.15, 0.2) is 47.4 Å². The molecule has 1 nitrogen and oxygen atoms in total. The molecule has 2 aromatic rings. The van der Waals surface area contributed by atoms with E-state index in [1.807, 2.05) is 0 Å². The van der Waals surface area contributed by atoms with Crippen molar-refractivity contribution < 1.29 is 0 Å². The van der Waals surface area contributed by atoms with Crippen molar-refractivity contribution in [1.29, 1.82) is 0 Å². The van der Waals surface area contributed by atoms with Gasteiger partial charge in [0.05, 0.1) is 0 Å². The van der Waals surface area contributed by atoms with Crippen LogP contribution in [0.4, 0.5) is 0 Å². The summed E-state index contributed by atoms with van der Waals surface area (Å²) in [7, 11) is 0. The van der Waals surface area contributed by atoms with E-state index in [0.717, 1.165) is 17.5 Å².